The molecule has 2 aromatic carbocycles. The summed E-state index contributed by atoms with van der Waals surface area (Å²) >= 11 is 0.935. The van der Waals surface area contributed by atoms with Crippen LogP contribution in [0.2, 0.25) is 0 Å². The maximum absolute atomic E-state index is 15.3. The molecule has 1 amide bonds. The van der Waals surface area contributed by atoms with E-state index in [4.69, 9.17) is 9.47 Å². The van der Waals surface area contributed by atoms with Crippen LogP contribution in [0.1, 0.15) is 42.5 Å². The van der Waals surface area contributed by atoms with Crippen LogP contribution >= 0.6 is 11.3 Å². The van der Waals surface area contributed by atoms with E-state index in [-0.39, 0.29) is 34.4 Å². The van der Waals surface area contributed by atoms with Gasteiger partial charge in [-0.1, -0.05) is 12.1 Å². The van der Waals surface area contributed by atoms with Crippen molar-refractivity contribution in [3.05, 3.63) is 83.3 Å². The number of thiazole rings is 1. The number of hydrogen-bond donors (Lipinski definition) is 1. The van der Waals surface area contributed by atoms with Gasteiger partial charge in [0.1, 0.15) is 34.1 Å². The number of nitrogens with one attached hydrogen (secondary N) is 1. The summed E-state index contributed by atoms with van der Waals surface area (Å²) in [7, 11) is -1.10. The molecule has 0 bridgehead atoms. The second-order valence-electron chi connectivity index (χ2n) is 10.7. The third-order valence-electron chi connectivity index (χ3n) is 6.21. The number of anilines is 2. The van der Waals surface area contributed by atoms with Gasteiger partial charge in [0.15, 0.2) is 12.2 Å². The highest BCUT2D eigenvalue weighted by Crippen LogP contribution is 2.34. The van der Waals surface area contributed by atoms with Gasteiger partial charge in [-0.05, 0) is 56.7 Å². The Hall–Kier alpha value is -4.30. The van der Waals surface area contributed by atoms with E-state index in [0.29, 0.717) is 11.3 Å². The second-order valence-corrected chi connectivity index (χ2v) is 13.4. The smallest absolute Gasteiger partial charge is 0.360 e. The van der Waals surface area contributed by atoms with Gasteiger partial charge in [-0.25, -0.2) is 31.7 Å². The number of hydrogen-bond acceptors (Lipinski definition) is 8. The molecule has 0 unspecified atom stereocenters. The maximum atomic E-state index is 15.3. The zero-order valence-corrected chi connectivity index (χ0v) is 26.3. The molecule has 4 rings (SSSR count). The fourth-order valence-corrected chi connectivity index (χ4v) is 6.53. The van der Waals surface area contributed by atoms with E-state index in [2.05, 4.69) is 10.3 Å². The lowest BCUT2D eigenvalue weighted by Gasteiger charge is -2.25. The van der Waals surface area contributed by atoms with Crippen LogP contribution in [0, 0.1) is 12.7 Å². The van der Waals surface area contributed by atoms with Crippen LogP contribution in [0.15, 0.2) is 65.4 Å². The van der Waals surface area contributed by atoms with Crippen molar-refractivity contribution in [2.24, 2.45) is 7.05 Å². The fourth-order valence-electron chi connectivity index (χ4n) is 4.05. The lowest BCUT2D eigenvalue weighted by Crippen LogP contribution is -2.38. The summed E-state index contributed by atoms with van der Waals surface area (Å²) in [5.74, 6) is -1.65. The van der Waals surface area contributed by atoms with Gasteiger partial charge in [0.05, 0.1) is 36.8 Å². The van der Waals surface area contributed by atoms with Crippen LogP contribution in [0.25, 0.3) is 0 Å². The van der Waals surface area contributed by atoms with Gasteiger partial charge in [-0.3, -0.25) is 9.10 Å². The summed E-state index contributed by atoms with van der Waals surface area (Å²) in [6, 6.07) is 9.93. The summed E-state index contributed by atoms with van der Waals surface area (Å²) < 4.78 is 58.5. The second kappa shape index (κ2) is 12.5. The molecule has 1 N–H and O–H groups in total. The van der Waals surface area contributed by atoms with Crippen molar-refractivity contribution in [2.75, 3.05) is 16.7 Å². The Balaban J connectivity index is 1.67. The topological polar surface area (TPSA) is 124 Å². The number of benzene rings is 2. The average molecular weight is 631 g/mol. The number of carbonyl (C=O) groups is 2. The molecule has 0 atom stereocenters. The van der Waals surface area contributed by atoms with Crippen LogP contribution in [-0.2, 0) is 39.7 Å². The number of nitrogens with zero attached hydrogens (tertiary/aromatic N) is 4. The Morgan fingerprint density at radius 3 is 2.44 bits per heavy atom. The Labute approximate surface area is 253 Å². The van der Waals surface area contributed by atoms with E-state index >= 15 is 4.39 Å². The molecule has 0 saturated carbocycles. The number of aromatic nitrogens is 3. The van der Waals surface area contributed by atoms with Gasteiger partial charge in [0.2, 0.25) is 6.33 Å². The molecule has 14 heteroatoms. The number of sulfonamides is 1. The molecule has 11 nitrogen and oxygen atoms in total. The maximum Gasteiger partial charge on any atom is 0.360 e. The minimum Gasteiger partial charge on any atom is -0.497 e. The van der Waals surface area contributed by atoms with Crippen LogP contribution in [-0.4, -0.2) is 42.6 Å². The molecule has 0 fully saturated rings. The highest BCUT2D eigenvalue weighted by Gasteiger charge is 2.33. The molecule has 0 aliphatic carbocycles. The first-order valence-corrected chi connectivity index (χ1v) is 15.4. The van der Waals surface area contributed by atoms with Crippen LogP contribution in [0.4, 0.5) is 15.1 Å². The zero-order chi connectivity index (χ0) is 31.5. The summed E-state index contributed by atoms with van der Waals surface area (Å²) in [5, 5.41) is 2.50. The molecule has 4 aromatic rings. The predicted molar refractivity (Wildman–Crippen MR) is 159 cm³/mol. The average Bonchev–Trinajstić information content (AvgIpc) is 3.53. The predicted octanol–water partition coefficient (Wildman–Crippen LogP) is 4.21. The molecule has 2 heterocycles. The molecule has 0 spiro atoms. The van der Waals surface area contributed by atoms with Gasteiger partial charge in [-0.15, -0.1) is 11.3 Å². The first-order chi connectivity index (χ1) is 20.2. The quantitative estimate of drug-likeness (QED) is 0.206. The van der Waals surface area contributed by atoms with E-state index in [1.54, 1.807) is 62.1 Å². The molecule has 0 aliphatic heterocycles. The largest absolute Gasteiger partial charge is 0.497 e. The number of halogens is 1. The summed E-state index contributed by atoms with van der Waals surface area (Å²) in [6.07, 6.45) is 3.50. The van der Waals surface area contributed by atoms with E-state index in [1.807, 2.05) is 18.5 Å². The van der Waals surface area contributed by atoms with E-state index in [9.17, 15) is 18.0 Å². The van der Waals surface area contributed by atoms with Crippen LogP contribution in [0.3, 0.4) is 0 Å². The molecule has 228 valence electrons. The number of methoxy groups -OCH3 is 1. The van der Waals surface area contributed by atoms with Crippen molar-refractivity contribution in [3.8, 4) is 5.75 Å². The zero-order valence-electron chi connectivity index (χ0n) is 24.6. The third-order valence-corrected chi connectivity index (χ3v) is 8.92. The van der Waals surface area contributed by atoms with Gasteiger partial charge in [0.25, 0.3) is 15.9 Å². The highest BCUT2D eigenvalue weighted by molar-refractivity contribution is 7.93. The van der Waals surface area contributed by atoms with Crippen molar-refractivity contribution in [2.45, 2.75) is 51.3 Å². The Bertz CT molecular complexity index is 1720. The number of aryl methyl sites for hydroxylation is 2. The minimum atomic E-state index is -4.45. The summed E-state index contributed by atoms with van der Waals surface area (Å²) in [4.78, 5) is 29.3. The monoisotopic (exact) mass is 630 g/mol. The van der Waals surface area contributed by atoms with Crippen LogP contribution in [0.5, 0.6) is 5.75 Å². The van der Waals surface area contributed by atoms with Crippen molar-refractivity contribution in [3.63, 3.8) is 0 Å². The SMILES string of the molecule is COc1ccc(CN(c2scnc2C(=O)OC(C)(C)C)S(=O)(=O)c2ccc(NC(=O)C[n+]3cc(C)n(C)c3)c(F)c2)cc1. The molecular weight excluding hydrogens is 597 g/mol. The summed E-state index contributed by atoms with van der Waals surface area (Å²) in [6.45, 7) is 6.68. The normalized spacial score (nSPS) is 11.7. The van der Waals surface area contributed by atoms with E-state index in [1.165, 1.54) is 24.8 Å². The minimum absolute atomic E-state index is 0.0121. The van der Waals surface area contributed by atoms with E-state index in [0.717, 1.165) is 27.4 Å². The third kappa shape index (κ3) is 7.56. The molecule has 0 saturated heterocycles. The molecule has 0 aliphatic rings. The van der Waals surface area contributed by atoms with Crippen molar-refractivity contribution in [1.82, 2.24) is 9.55 Å². The number of rotatable bonds is 10. The molecule has 43 heavy (non-hydrogen) atoms. The molecular formula is C29H33FN5O6S2+. The van der Waals surface area contributed by atoms with Gasteiger partial charge in [0, 0.05) is 6.92 Å². The van der Waals surface area contributed by atoms with Gasteiger partial charge >= 0.3 is 5.97 Å². The molecule has 2 aromatic heterocycles. The van der Waals surface area contributed by atoms with Gasteiger partial charge in [-0.2, -0.15) is 0 Å². The summed E-state index contributed by atoms with van der Waals surface area (Å²) in [5.41, 5.74) is 1.64. The first-order valence-electron chi connectivity index (χ1n) is 13.1. The van der Waals surface area contributed by atoms with E-state index < -0.39 is 33.3 Å². The van der Waals surface area contributed by atoms with Crippen LogP contribution < -0.4 is 18.9 Å². The number of imidazole rings is 1. The number of esters is 1. The fraction of sp³-hybridized carbons (Fsp3) is 0.310. The standard InChI is InChI=1S/C29H32FN5O6S2/c1-19-14-34(18-33(19)5)16-25(36)32-24-12-11-22(13-23(24)30)43(38,39)35(15-20-7-9-21(40-6)10-8-20)27-26(31-17-42-27)28(37)41-29(2,3)4/h7-14,17-18H,15-16H2,1-6H3/p+1. The first kappa shape index (κ1) is 31.6. The Kier molecular flexibility index (Phi) is 9.21. The molecule has 0 radical (unpaired) electrons. The van der Waals surface area contributed by atoms with Crippen molar-refractivity contribution < 1.29 is 36.4 Å². The van der Waals surface area contributed by atoms with Crippen molar-refractivity contribution >= 4 is 43.9 Å². The Morgan fingerprint density at radius 2 is 1.86 bits per heavy atom. The van der Waals surface area contributed by atoms with Crippen molar-refractivity contribution in [1.29, 1.82) is 0 Å². The highest BCUT2D eigenvalue weighted by atomic mass is 32.2. The number of ether oxygens (including phenoxy) is 2. The lowest BCUT2D eigenvalue weighted by atomic mass is 10.2. The van der Waals surface area contributed by atoms with Gasteiger partial charge < -0.3 is 14.8 Å². The number of carbonyl (C=O) groups excluding carboxylic acids is 2. The Morgan fingerprint density at radius 1 is 1.16 bits per heavy atom. The lowest BCUT2D eigenvalue weighted by molar-refractivity contribution is -0.683. The number of amides is 1.